The molecule has 7 rings (SSSR count). The Labute approximate surface area is 224 Å². The van der Waals surface area contributed by atoms with Crippen molar-refractivity contribution in [3.05, 3.63) is 84.9 Å². The van der Waals surface area contributed by atoms with Crippen LogP contribution in [0, 0.1) is 0 Å². The van der Waals surface area contributed by atoms with Gasteiger partial charge in [0.05, 0.1) is 23.3 Å². The Balaban J connectivity index is 1.22. The van der Waals surface area contributed by atoms with Crippen molar-refractivity contribution in [2.45, 2.75) is 19.3 Å². The lowest BCUT2D eigenvalue weighted by Gasteiger charge is -2.29. The van der Waals surface area contributed by atoms with Crippen LogP contribution >= 0.6 is 0 Å². The number of fused-ring (bicyclic) bond motifs is 2. The van der Waals surface area contributed by atoms with Crippen LogP contribution in [0.25, 0.3) is 44.6 Å². The molecule has 9 nitrogen and oxygen atoms in total. The third kappa shape index (κ3) is 4.37. The standard InChI is InChI=1S/C30H26N8O/c39-30(19-7-3-1-4-8-19)34-22-13-20(16-31-18-22)21-14-24-27(36-37-29(24)33-17-21)25-15-23-26(9-10-32-28(23)35-25)38-11-5-2-6-12-38/h1,3-4,7-10,13-18H,2,5-6,11-12H2,(H,32,35)(H,34,39)(H,33,36,37). The molecule has 0 radical (unpaired) electrons. The maximum Gasteiger partial charge on any atom is 0.255 e. The summed E-state index contributed by atoms with van der Waals surface area (Å²) in [6.45, 7) is 2.14. The zero-order chi connectivity index (χ0) is 26.2. The normalized spacial score (nSPS) is 13.7. The van der Waals surface area contributed by atoms with Gasteiger partial charge in [0.25, 0.3) is 5.91 Å². The molecule has 0 bridgehead atoms. The number of nitrogens with zero attached hydrogens (tertiary/aromatic N) is 5. The molecule has 6 aromatic rings. The van der Waals surface area contributed by atoms with E-state index in [0.29, 0.717) is 16.9 Å². The van der Waals surface area contributed by atoms with Crippen LogP contribution < -0.4 is 10.2 Å². The highest BCUT2D eigenvalue weighted by Crippen LogP contribution is 2.34. The van der Waals surface area contributed by atoms with Crippen LogP contribution in [0.1, 0.15) is 29.6 Å². The van der Waals surface area contributed by atoms with Gasteiger partial charge in [-0.05, 0) is 55.7 Å². The average Bonchev–Trinajstić information content (AvgIpc) is 3.62. The zero-order valence-electron chi connectivity index (χ0n) is 21.2. The van der Waals surface area contributed by atoms with Gasteiger partial charge in [-0.1, -0.05) is 18.2 Å². The fraction of sp³-hybridized carbons (Fsp3) is 0.167. The number of rotatable bonds is 5. The van der Waals surface area contributed by atoms with Gasteiger partial charge in [0.2, 0.25) is 0 Å². The van der Waals surface area contributed by atoms with E-state index in [1.165, 1.54) is 24.9 Å². The molecule has 0 saturated carbocycles. The molecule has 1 aromatic carbocycles. The van der Waals surface area contributed by atoms with Crippen molar-refractivity contribution in [1.29, 1.82) is 0 Å². The predicted molar refractivity (Wildman–Crippen MR) is 153 cm³/mol. The Kier molecular flexibility index (Phi) is 5.73. The SMILES string of the molecule is O=C(Nc1cncc(-c2cnc3n[nH]c(-c4cc5c(N6CCCCC6)ccnc5[nH]4)c3c2)c1)c1ccccc1. The van der Waals surface area contributed by atoms with Gasteiger partial charge in [-0.15, -0.1) is 0 Å². The summed E-state index contributed by atoms with van der Waals surface area (Å²) in [4.78, 5) is 32.1. The molecule has 1 saturated heterocycles. The van der Waals surface area contributed by atoms with Gasteiger partial charge in [-0.2, -0.15) is 5.10 Å². The van der Waals surface area contributed by atoms with Crippen molar-refractivity contribution in [1.82, 2.24) is 30.1 Å². The minimum absolute atomic E-state index is 0.184. The number of nitrogens with one attached hydrogen (secondary N) is 3. The Morgan fingerprint density at radius 3 is 2.59 bits per heavy atom. The Bertz CT molecular complexity index is 1800. The van der Waals surface area contributed by atoms with Crippen LogP contribution in [0.5, 0.6) is 0 Å². The fourth-order valence-electron chi connectivity index (χ4n) is 5.28. The van der Waals surface area contributed by atoms with Gasteiger partial charge in [-0.3, -0.25) is 14.9 Å². The molecule has 0 atom stereocenters. The van der Waals surface area contributed by atoms with Crippen LogP contribution in [0.4, 0.5) is 11.4 Å². The smallest absolute Gasteiger partial charge is 0.255 e. The van der Waals surface area contributed by atoms with Crippen LogP contribution in [-0.2, 0) is 0 Å². The lowest BCUT2D eigenvalue weighted by Crippen LogP contribution is -2.29. The van der Waals surface area contributed by atoms with E-state index < -0.39 is 0 Å². The molecular weight excluding hydrogens is 488 g/mol. The van der Waals surface area contributed by atoms with Gasteiger partial charge < -0.3 is 15.2 Å². The molecule has 5 aromatic heterocycles. The predicted octanol–water partition coefficient (Wildman–Crippen LogP) is 5.81. The number of pyridine rings is 3. The molecule has 0 aliphatic carbocycles. The van der Waals surface area contributed by atoms with Gasteiger partial charge in [-0.25, -0.2) is 9.97 Å². The maximum atomic E-state index is 12.6. The summed E-state index contributed by atoms with van der Waals surface area (Å²) in [5.74, 6) is -0.184. The molecule has 9 heteroatoms. The number of aromatic amines is 2. The first kappa shape index (κ1) is 23.1. The second-order valence-corrected chi connectivity index (χ2v) is 9.80. The number of carbonyl (C=O) groups excluding carboxylic acids is 1. The van der Waals surface area contributed by atoms with Crippen molar-refractivity contribution in [3.8, 4) is 22.5 Å². The first-order valence-electron chi connectivity index (χ1n) is 13.1. The lowest BCUT2D eigenvalue weighted by atomic mass is 10.1. The zero-order valence-corrected chi connectivity index (χ0v) is 21.2. The van der Waals surface area contributed by atoms with Crippen molar-refractivity contribution in [2.75, 3.05) is 23.3 Å². The number of aromatic nitrogens is 6. The number of carbonyl (C=O) groups is 1. The van der Waals surface area contributed by atoms with Crippen LogP contribution in [-0.4, -0.2) is 49.1 Å². The summed E-state index contributed by atoms with van der Waals surface area (Å²) in [7, 11) is 0. The highest BCUT2D eigenvalue weighted by molar-refractivity contribution is 6.04. The molecule has 0 unspecified atom stereocenters. The molecule has 1 fully saturated rings. The number of amides is 1. The molecule has 6 heterocycles. The van der Waals surface area contributed by atoms with Gasteiger partial charge in [0, 0.05) is 64.8 Å². The number of benzene rings is 1. The number of hydrogen-bond acceptors (Lipinski definition) is 6. The fourth-order valence-corrected chi connectivity index (χ4v) is 5.28. The summed E-state index contributed by atoms with van der Waals surface area (Å²) in [5.41, 5.74) is 7.36. The Morgan fingerprint density at radius 1 is 0.872 bits per heavy atom. The first-order chi connectivity index (χ1) is 19.2. The number of H-pyrrole nitrogens is 2. The van der Waals surface area contributed by atoms with Crippen molar-refractivity contribution < 1.29 is 4.79 Å². The van der Waals surface area contributed by atoms with E-state index >= 15 is 0 Å². The quantitative estimate of drug-likeness (QED) is 0.268. The summed E-state index contributed by atoms with van der Waals surface area (Å²) in [6.07, 6.45) is 10.8. The molecule has 39 heavy (non-hydrogen) atoms. The Hall–Kier alpha value is -5.05. The van der Waals surface area contributed by atoms with E-state index in [1.54, 1.807) is 30.7 Å². The van der Waals surface area contributed by atoms with E-state index in [-0.39, 0.29) is 5.91 Å². The monoisotopic (exact) mass is 514 g/mol. The minimum atomic E-state index is -0.184. The summed E-state index contributed by atoms with van der Waals surface area (Å²) in [5, 5.41) is 12.5. The highest BCUT2D eigenvalue weighted by atomic mass is 16.1. The van der Waals surface area contributed by atoms with E-state index in [0.717, 1.165) is 52.0 Å². The number of anilines is 2. The Morgan fingerprint density at radius 2 is 1.72 bits per heavy atom. The van der Waals surface area contributed by atoms with Crippen molar-refractivity contribution in [2.24, 2.45) is 0 Å². The van der Waals surface area contributed by atoms with E-state index in [1.807, 2.05) is 36.5 Å². The van der Waals surface area contributed by atoms with Gasteiger partial charge >= 0.3 is 0 Å². The number of hydrogen-bond donors (Lipinski definition) is 3. The van der Waals surface area contributed by atoms with Gasteiger partial charge in [0.15, 0.2) is 5.65 Å². The highest BCUT2D eigenvalue weighted by Gasteiger charge is 2.18. The summed E-state index contributed by atoms with van der Waals surface area (Å²) < 4.78 is 0. The van der Waals surface area contributed by atoms with E-state index in [4.69, 9.17) is 0 Å². The summed E-state index contributed by atoms with van der Waals surface area (Å²) >= 11 is 0. The van der Waals surface area contributed by atoms with Gasteiger partial charge in [0.1, 0.15) is 5.65 Å². The maximum absolute atomic E-state index is 12.6. The van der Waals surface area contributed by atoms with E-state index in [2.05, 4.69) is 52.5 Å². The second-order valence-electron chi connectivity index (χ2n) is 9.80. The topological polar surface area (TPSA) is 115 Å². The van der Waals surface area contributed by atoms with Crippen LogP contribution in [0.2, 0.25) is 0 Å². The number of piperidine rings is 1. The molecule has 3 N–H and O–H groups in total. The largest absolute Gasteiger partial charge is 0.371 e. The van der Waals surface area contributed by atoms with Crippen molar-refractivity contribution >= 4 is 39.3 Å². The lowest BCUT2D eigenvalue weighted by molar-refractivity contribution is 0.102. The molecule has 192 valence electrons. The average molecular weight is 515 g/mol. The van der Waals surface area contributed by atoms with Crippen molar-refractivity contribution in [3.63, 3.8) is 0 Å². The molecule has 1 amide bonds. The summed E-state index contributed by atoms with van der Waals surface area (Å²) in [6, 6.07) is 17.3. The molecular formula is C30H26N8O. The molecule has 1 aliphatic heterocycles. The van der Waals surface area contributed by atoms with E-state index in [9.17, 15) is 4.79 Å². The molecule has 1 aliphatic rings. The third-order valence-corrected chi connectivity index (χ3v) is 7.25. The third-order valence-electron chi connectivity index (χ3n) is 7.25. The molecule has 0 spiro atoms. The van der Waals surface area contributed by atoms with Crippen LogP contribution in [0.3, 0.4) is 0 Å². The second kappa shape index (κ2) is 9.68. The first-order valence-corrected chi connectivity index (χ1v) is 13.1. The minimum Gasteiger partial charge on any atom is -0.371 e. The van der Waals surface area contributed by atoms with Crippen LogP contribution in [0.15, 0.2) is 79.4 Å².